The van der Waals surface area contributed by atoms with Gasteiger partial charge in [0.1, 0.15) is 11.5 Å². The largest absolute Gasteiger partial charge is 0.508 e. The van der Waals surface area contributed by atoms with Gasteiger partial charge in [0.2, 0.25) is 0 Å². The quantitative estimate of drug-likeness (QED) is 0.731. The Bertz CT molecular complexity index is 466. The zero-order valence-electron chi connectivity index (χ0n) is 6.66. The lowest BCUT2D eigenvalue weighted by Gasteiger charge is -2.02. The van der Waals surface area contributed by atoms with Crippen molar-refractivity contribution >= 4 is 33.4 Å². The number of fused-ring (bicyclic) bond motifs is 1. The third-order valence-corrected chi connectivity index (χ3v) is 3.05. The summed E-state index contributed by atoms with van der Waals surface area (Å²) in [6.07, 6.45) is 0. The molecule has 13 heavy (non-hydrogen) atoms. The molecule has 0 aliphatic heterocycles. The van der Waals surface area contributed by atoms with E-state index in [4.69, 9.17) is 0 Å². The second-order valence-corrected chi connectivity index (χ2v) is 3.88. The molecule has 0 atom stereocenters. The molecule has 2 aromatic carbocycles. The van der Waals surface area contributed by atoms with Crippen molar-refractivity contribution in [1.82, 2.24) is 0 Å². The van der Waals surface area contributed by atoms with Gasteiger partial charge in [-0.2, -0.15) is 0 Å². The summed E-state index contributed by atoms with van der Waals surface area (Å²) in [5, 5.41) is 20.5. The van der Waals surface area contributed by atoms with Crippen molar-refractivity contribution in [3.8, 4) is 11.5 Å². The molecule has 0 radical (unpaired) electrons. The van der Waals surface area contributed by atoms with E-state index >= 15 is 0 Å². The Kier molecular flexibility index (Phi) is 2.03. The van der Waals surface area contributed by atoms with Crippen molar-refractivity contribution in [1.29, 1.82) is 0 Å². The van der Waals surface area contributed by atoms with Gasteiger partial charge in [-0.25, -0.2) is 0 Å². The SMILES string of the molecule is Oc1ccc2c(I)c(O)ccc2c1. The zero-order chi connectivity index (χ0) is 9.42. The molecule has 0 aromatic heterocycles. The first-order valence-corrected chi connectivity index (χ1v) is 4.86. The first-order valence-electron chi connectivity index (χ1n) is 3.78. The van der Waals surface area contributed by atoms with Crippen molar-refractivity contribution < 1.29 is 10.2 Å². The number of benzene rings is 2. The van der Waals surface area contributed by atoms with Crippen LogP contribution in [-0.2, 0) is 0 Å². The molecule has 0 amide bonds. The van der Waals surface area contributed by atoms with E-state index in [-0.39, 0.29) is 11.5 Å². The predicted molar refractivity (Wildman–Crippen MR) is 60.0 cm³/mol. The molecular formula is C10H7IO2. The average Bonchev–Trinajstić information content (AvgIpc) is 2.12. The van der Waals surface area contributed by atoms with E-state index in [0.717, 1.165) is 14.3 Å². The van der Waals surface area contributed by atoms with Gasteiger partial charge in [-0.15, -0.1) is 0 Å². The molecule has 2 rings (SSSR count). The maximum Gasteiger partial charge on any atom is 0.129 e. The molecule has 0 aliphatic carbocycles. The maximum atomic E-state index is 9.42. The van der Waals surface area contributed by atoms with Gasteiger partial charge in [-0.1, -0.05) is 6.07 Å². The second kappa shape index (κ2) is 3.06. The topological polar surface area (TPSA) is 40.5 Å². The highest BCUT2D eigenvalue weighted by Gasteiger charge is 2.03. The van der Waals surface area contributed by atoms with Gasteiger partial charge in [-0.05, 0) is 57.6 Å². The number of phenolic OH excluding ortho intramolecular Hbond substituents is 2. The van der Waals surface area contributed by atoms with Crippen LogP contribution < -0.4 is 0 Å². The summed E-state index contributed by atoms with van der Waals surface area (Å²) in [5.74, 6) is 0.521. The molecule has 0 aliphatic rings. The second-order valence-electron chi connectivity index (χ2n) is 2.80. The molecule has 0 unspecified atom stereocenters. The molecule has 2 aromatic rings. The Hall–Kier alpha value is -0.970. The van der Waals surface area contributed by atoms with Crippen molar-refractivity contribution in [3.63, 3.8) is 0 Å². The van der Waals surface area contributed by atoms with E-state index in [9.17, 15) is 10.2 Å². The number of hydrogen-bond donors (Lipinski definition) is 2. The Morgan fingerprint density at radius 3 is 2.54 bits per heavy atom. The number of phenols is 2. The molecule has 0 saturated carbocycles. The standard InChI is InChI=1S/C10H7IO2/c11-10-8-3-2-7(12)5-6(8)1-4-9(10)13/h1-5,12-13H. The lowest BCUT2D eigenvalue weighted by atomic mass is 10.1. The van der Waals surface area contributed by atoms with Crippen LogP contribution in [0.3, 0.4) is 0 Å². The van der Waals surface area contributed by atoms with Crippen LogP contribution in [-0.4, -0.2) is 10.2 Å². The molecule has 2 nitrogen and oxygen atoms in total. The fourth-order valence-electron chi connectivity index (χ4n) is 1.27. The van der Waals surface area contributed by atoms with E-state index in [1.807, 2.05) is 0 Å². The summed E-state index contributed by atoms with van der Waals surface area (Å²) < 4.78 is 0.815. The monoisotopic (exact) mass is 286 g/mol. The van der Waals surface area contributed by atoms with Gasteiger partial charge in [0, 0.05) is 0 Å². The summed E-state index contributed by atoms with van der Waals surface area (Å²) >= 11 is 2.08. The molecule has 0 heterocycles. The molecule has 0 bridgehead atoms. The van der Waals surface area contributed by atoms with E-state index in [1.54, 1.807) is 30.3 Å². The third kappa shape index (κ3) is 1.44. The van der Waals surface area contributed by atoms with E-state index in [2.05, 4.69) is 22.6 Å². The van der Waals surface area contributed by atoms with Crippen LogP contribution in [0.4, 0.5) is 0 Å². The van der Waals surface area contributed by atoms with Gasteiger partial charge in [0.05, 0.1) is 3.57 Å². The molecule has 0 saturated heterocycles. The smallest absolute Gasteiger partial charge is 0.129 e. The minimum Gasteiger partial charge on any atom is -0.508 e. The molecule has 3 heteroatoms. The molecular weight excluding hydrogens is 279 g/mol. The molecule has 0 fully saturated rings. The van der Waals surface area contributed by atoms with Crippen LogP contribution in [0, 0.1) is 3.57 Å². The van der Waals surface area contributed by atoms with Gasteiger partial charge >= 0.3 is 0 Å². The molecule has 2 N–H and O–H groups in total. The fourth-order valence-corrected chi connectivity index (χ4v) is 1.94. The van der Waals surface area contributed by atoms with Gasteiger partial charge < -0.3 is 10.2 Å². The van der Waals surface area contributed by atoms with Crippen molar-refractivity contribution in [2.45, 2.75) is 0 Å². The zero-order valence-corrected chi connectivity index (χ0v) is 8.82. The van der Waals surface area contributed by atoms with Gasteiger partial charge in [-0.3, -0.25) is 0 Å². The van der Waals surface area contributed by atoms with Crippen LogP contribution in [0.15, 0.2) is 30.3 Å². The highest BCUT2D eigenvalue weighted by molar-refractivity contribution is 14.1. The maximum absolute atomic E-state index is 9.42. The van der Waals surface area contributed by atoms with Crippen molar-refractivity contribution in [3.05, 3.63) is 33.9 Å². The summed E-state index contributed by atoms with van der Waals surface area (Å²) in [6.45, 7) is 0. The normalized spacial score (nSPS) is 10.5. The van der Waals surface area contributed by atoms with E-state index in [0.29, 0.717) is 0 Å². The lowest BCUT2D eigenvalue weighted by molar-refractivity contribution is 0.471. The molecule has 0 spiro atoms. The average molecular weight is 286 g/mol. The van der Waals surface area contributed by atoms with Crippen LogP contribution in [0.25, 0.3) is 10.8 Å². The summed E-state index contributed by atoms with van der Waals surface area (Å²) in [4.78, 5) is 0. The Labute approximate surface area is 89.0 Å². The Morgan fingerprint density at radius 2 is 1.77 bits per heavy atom. The van der Waals surface area contributed by atoms with E-state index in [1.165, 1.54) is 0 Å². The third-order valence-electron chi connectivity index (χ3n) is 1.92. The lowest BCUT2D eigenvalue weighted by Crippen LogP contribution is -1.78. The predicted octanol–water partition coefficient (Wildman–Crippen LogP) is 2.86. The number of halogens is 1. The first-order chi connectivity index (χ1) is 6.18. The Morgan fingerprint density at radius 1 is 1.00 bits per heavy atom. The summed E-state index contributed by atoms with van der Waals surface area (Å²) in [6, 6.07) is 8.50. The number of aromatic hydroxyl groups is 2. The number of hydrogen-bond acceptors (Lipinski definition) is 2. The Balaban J connectivity index is 2.87. The minimum atomic E-state index is 0.244. The fraction of sp³-hybridized carbons (Fsp3) is 0. The number of rotatable bonds is 0. The highest BCUT2D eigenvalue weighted by Crippen LogP contribution is 2.30. The summed E-state index contributed by atoms with van der Waals surface area (Å²) in [5.41, 5.74) is 0. The van der Waals surface area contributed by atoms with Crippen LogP contribution in [0.5, 0.6) is 11.5 Å². The van der Waals surface area contributed by atoms with Gasteiger partial charge in [0.25, 0.3) is 0 Å². The van der Waals surface area contributed by atoms with Crippen LogP contribution >= 0.6 is 22.6 Å². The van der Waals surface area contributed by atoms with Crippen molar-refractivity contribution in [2.24, 2.45) is 0 Å². The van der Waals surface area contributed by atoms with E-state index < -0.39 is 0 Å². The van der Waals surface area contributed by atoms with Crippen LogP contribution in [0.1, 0.15) is 0 Å². The van der Waals surface area contributed by atoms with Gasteiger partial charge in [0.15, 0.2) is 0 Å². The van der Waals surface area contributed by atoms with Crippen molar-refractivity contribution in [2.75, 3.05) is 0 Å². The minimum absolute atomic E-state index is 0.244. The highest BCUT2D eigenvalue weighted by atomic mass is 127. The molecule has 66 valence electrons. The van der Waals surface area contributed by atoms with Crippen LogP contribution in [0.2, 0.25) is 0 Å². The summed E-state index contributed by atoms with van der Waals surface area (Å²) in [7, 11) is 0. The first kappa shape index (κ1) is 8.62.